The number of carbonyl (C=O) groups is 4. The number of aliphatic carboxylic acids is 1. The lowest BCUT2D eigenvalue weighted by atomic mass is 10.0. The van der Waals surface area contributed by atoms with Gasteiger partial charge >= 0.3 is 12.1 Å². The zero-order valence-corrected chi connectivity index (χ0v) is 16.0. The number of nitrogens with zero attached hydrogens (tertiary/aromatic N) is 3. The number of β-lactam (4-membered cyclic amide) rings is 1. The van der Waals surface area contributed by atoms with E-state index in [-0.39, 0.29) is 34.5 Å². The number of anilines is 1. The molecule has 1 unspecified atom stereocenters. The van der Waals surface area contributed by atoms with Crippen LogP contribution in [0.4, 0.5) is 9.93 Å². The fraction of sp³-hybridized carbons (Fsp3) is 0.286. The molecule has 2 aliphatic rings. The van der Waals surface area contributed by atoms with Gasteiger partial charge in [0.2, 0.25) is 0 Å². The van der Waals surface area contributed by atoms with Crippen molar-refractivity contribution in [2.75, 3.05) is 18.1 Å². The molecule has 3 heterocycles. The number of carboxylic acid groups (broad SMARTS) is 1. The highest BCUT2D eigenvalue weighted by atomic mass is 32.2. The average Bonchev–Trinajstić information content (AvgIpc) is 3.09. The monoisotopic (exact) mass is 442 g/mol. The molecule has 13 nitrogen and oxygen atoms in total. The molecule has 2 atom stereocenters. The van der Waals surface area contributed by atoms with E-state index in [2.05, 4.69) is 20.2 Å². The van der Waals surface area contributed by atoms with Crippen molar-refractivity contribution in [3.8, 4) is 0 Å². The van der Waals surface area contributed by atoms with Gasteiger partial charge in [0.25, 0.3) is 11.8 Å². The molecule has 0 aliphatic carbocycles. The Balaban J connectivity index is 1.76. The predicted octanol–water partition coefficient (Wildman–Crippen LogP) is -1.26. The number of primary amides is 1. The summed E-state index contributed by atoms with van der Waals surface area (Å²) < 4.78 is 4.63. The number of rotatable bonds is 6. The van der Waals surface area contributed by atoms with Gasteiger partial charge < -0.3 is 31.8 Å². The van der Waals surface area contributed by atoms with Gasteiger partial charge in [-0.05, 0) is 0 Å². The molecule has 2 aliphatic heterocycles. The van der Waals surface area contributed by atoms with Crippen LogP contribution >= 0.6 is 23.1 Å². The number of amides is 3. The van der Waals surface area contributed by atoms with Crippen LogP contribution in [0.15, 0.2) is 21.8 Å². The zero-order chi connectivity index (χ0) is 21.3. The number of nitrogen functional groups attached to an aromatic ring is 1. The number of thiazole rings is 1. The number of hydrogen-bond acceptors (Lipinski definition) is 11. The van der Waals surface area contributed by atoms with Gasteiger partial charge in [-0.2, -0.15) is 0 Å². The first kappa shape index (κ1) is 20.4. The minimum absolute atomic E-state index is 0.0319. The number of fused-ring (bicyclic) bond motifs is 1. The van der Waals surface area contributed by atoms with Gasteiger partial charge in [-0.1, -0.05) is 5.16 Å². The Labute approximate surface area is 170 Å². The number of thioether (sulfide) groups is 1. The largest absolute Gasteiger partial charge is 0.477 e. The summed E-state index contributed by atoms with van der Waals surface area (Å²) in [5, 5.41) is 24.8. The van der Waals surface area contributed by atoms with Gasteiger partial charge in [0, 0.05) is 16.7 Å². The number of carbonyl (C=O) groups excluding carboxylic acids is 3. The van der Waals surface area contributed by atoms with Gasteiger partial charge in [-0.25, -0.2) is 14.6 Å². The highest BCUT2D eigenvalue weighted by Gasteiger charge is 2.54. The summed E-state index contributed by atoms with van der Waals surface area (Å²) in [5.74, 6) is -2.80. The molecule has 154 valence electrons. The number of ether oxygens (including phenoxy) is 1. The van der Waals surface area contributed by atoms with Crippen LogP contribution < -0.4 is 16.8 Å². The lowest BCUT2D eigenvalue weighted by Gasteiger charge is -2.49. The summed E-state index contributed by atoms with van der Waals surface area (Å²) in [6, 6.07) is -1.05. The Morgan fingerprint density at radius 1 is 1.45 bits per heavy atom. The SMILES string of the molecule is NC(=O)OCC1=C(C(=O)O)N2C(=O)C(NC(=O)/C(=N\O)c3csc(N)n3)[C@@H]2SC1. The van der Waals surface area contributed by atoms with Crippen molar-refractivity contribution in [3.63, 3.8) is 0 Å². The molecule has 0 saturated carbocycles. The van der Waals surface area contributed by atoms with E-state index in [1.54, 1.807) is 0 Å². The van der Waals surface area contributed by atoms with E-state index >= 15 is 0 Å². The Hall–Kier alpha value is -3.33. The standard InChI is InChI=1S/C14H14N6O7S2/c15-13-17-5(3-29-13)6(19-26)9(21)18-7-10(22)20-8(12(23)24)4(1-27-14(16)25)2-28-11(7)20/h3,7,11,26H,1-2H2,(H2,15,17)(H2,16,25)(H,18,21)(H,23,24)/b19-6-/t7?,11-/m0/s1. The first-order chi connectivity index (χ1) is 13.7. The Kier molecular flexibility index (Phi) is 5.60. The first-order valence-electron chi connectivity index (χ1n) is 7.81. The normalized spacial score (nSPS) is 21.3. The van der Waals surface area contributed by atoms with Crippen molar-refractivity contribution in [3.05, 3.63) is 22.3 Å². The van der Waals surface area contributed by atoms with Gasteiger partial charge in [0.05, 0.1) is 0 Å². The summed E-state index contributed by atoms with van der Waals surface area (Å²) in [4.78, 5) is 52.2. The molecule has 0 aromatic carbocycles. The lowest BCUT2D eigenvalue weighted by molar-refractivity contribution is -0.150. The number of nitrogens with one attached hydrogen (secondary N) is 1. The van der Waals surface area contributed by atoms with Crippen LogP contribution in [0.2, 0.25) is 0 Å². The number of oxime groups is 1. The van der Waals surface area contributed by atoms with E-state index < -0.39 is 41.0 Å². The first-order valence-corrected chi connectivity index (χ1v) is 9.74. The predicted molar refractivity (Wildman–Crippen MR) is 100 cm³/mol. The molecule has 15 heteroatoms. The zero-order valence-electron chi connectivity index (χ0n) is 14.4. The Bertz CT molecular complexity index is 958. The van der Waals surface area contributed by atoms with Crippen molar-refractivity contribution in [2.24, 2.45) is 10.9 Å². The van der Waals surface area contributed by atoms with Crippen LogP contribution in [0.3, 0.4) is 0 Å². The van der Waals surface area contributed by atoms with E-state index in [0.29, 0.717) is 0 Å². The van der Waals surface area contributed by atoms with Gasteiger partial charge in [0.15, 0.2) is 10.8 Å². The number of nitrogens with two attached hydrogens (primary N) is 2. The summed E-state index contributed by atoms with van der Waals surface area (Å²) in [6.07, 6.45) is -1.08. The van der Waals surface area contributed by atoms with E-state index in [1.807, 2.05) is 0 Å². The fourth-order valence-corrected chi connectivity index (χ4v) is 4.65. The number of aromatic nitrogens is 1. The molecular formula is C14H14N6O7S2. The molecule has 3 amide bonds. The van der Waals surface area contributed by atoms with Crippen LogP contribution in [0.5, 0.6) is 0 Å². The van der Waals surface area contributed by atoms with Crippen molar-refractivity contribution in [1.29, 1.82) is 0 Å². The summed E-state index contributed by atoms with van der Waals surface area (Å²) in [5.41, 5.74) is 9.86. The van der Waals surface area contributed by atoms with Crippen molar-refractivity contribution >= 4 is 57.8 Å². The highest BCUT2D eigenvalue weighted by Crippen LogP contribution is 2.40. The maximum absolute atomic E-state index is 12.5. The minimum Gasteiger partial charge on any atom is -0.477 e. The smallest absolute Gasteiger partial charge is 0.404 e. The van der Waals surface area contributed by atoms with Gasteiger partial charge in [0.1, 0.15) is 29.4 Å². The topological polar surface area (TPSA) is 211 Å². The van der Waals surface area contributed by atoms with E-state index in [1.165, 1.54) is 17.1 Å². The van der Waals surface area contributed by atoms with Crippen LogP contribution in [-0.2, 0) is 19.1 Å². The molecule has 0 radical (unpaired) electrons. The van der Waals surface area contributed by atoms with E-state index in [9.17, 15) is 24.3 Å². The summed E-state index contributed by atoms with van der Waals surface area (Å²) in [7, 11) is 0. The Morgan fingerprint density at radius 2 is 2.17 bits per heavy atom. The van der Waals surface area contributed by atoms with Gasteiger partial charge in [-0.15, -0.1) is 23.1 Å². The van der Waals surface area contributed by atoms with Crippen molar-refractivity contribution in [1.82, 2.24) is 15.2 Å². The second kappa shape index (κ2) is 7.96. The van der Waals surface area contributed by atoms with Crippen LogP contribution in [-0.4, -0.2) is 73.6 Å². The van der Waals surface area contributed by atoms with E-state index in [4.69, 9.17) is 16.7 Å². The molecule has 1 aromatic rings. The molecule has 0 bridgehead atoms. The highest BCUT2D eigenvalue weighted by molar-refractivity contribution is 8.00. The third-order valence-corrected chi connectivity index (χ3v) is 6.02. The van der Waals surface area contributed by atoms with Crippen LogP contribution in [0.25, 0.3) is 0 Å². The second-order valence-electron chi connectivity index (χ2n) is 5.75. The molecule has 3 rings (SSSR count). The quantitative estimate of drug-likeness (QED) is 0.153. The molecule has 7 N–H and O–H groups in total. The molecule has 0 spiro atoms. The summed E-state index contributed by atoms with van der Waals surface area (Å²) >= 11 is 2.20. The third-order valence-electron chi connectivity index (χ3n) is 4.00. The molecule has 1 saturated heterocycles. The van der Waals surface area contributed by atoms with Crippen molar-refractivity contribution < 1.29 is 34.2 Å². The number of hydrogen-bond donors (Lipinski definition) is 5. The van der Waals surface area contributed by atoms with Crippen LogP contribution in [0, 0.1) is 0 Å². The molecule has 29 heavy (non-hydrogen) atoms. The van der Waals surface area contributed by atoms with Crippen LogP contribution in [0.1, 0.15) is 5.69 Å². The lowest BCUT2D eigenvalue weighted by Crippen LogP contribution is -2.71. The van der Waals surface area contributed by atoms with E-state index in [0.717, 1.165) is 16.2 Å². The maximum Gasteiger partial charge on any atom is 0.404 e. The number of carboxylic acids is 1. The fourth-order valence-electron chi connectivity index (χ4n) is 2.77. The second-order valence-corrected chi connectivity index (χ2v) is 7.74. The maximum atomic E-state index is 12.5. The molecule has 1 fully saturated rings. The average molecular weight is 442 g/mol. The molecular weight excluding hydrogens is 428 g/mol. The Morgan fingerprint density at radius 3 is 2.72 bits per heavy atom. The summed E-state index contributed by atoms with van der Waals surface area (Å²) in [6.45, 7) is -0.371. The molecule has 1 aromatic heterocycles. The van der Waals surface area contributed by atoms with Gasteiger partial charge in [-0.3, -0.25) is 14.5 Å². The third kappa shape index (κ3) is 3.81. The van der Waals surface area contributed by atoms with Crippen molar-refractivity contribution in [2.45, 2.75) is 11.4 Å². The minimum atomic E-state index is -1.38.